The van der Waals surface area contributed by atoms with Gasteiger partial charge in [-0.25, -0.2) is 9.18 Å². The maximum absolute atomic E-state index is 13.0. The Labute approximate surface area is 111 Å². The summed E-state index contributed by atoms with van der Waals surface area (Å²) in [6.45, 7) is 3.88. The summed E-state index contributed by atoms with van der Waals surface area (Å²) >= 11 is 0. The number of hydrogen-bond acceptors (Lipinski definition) is 3. The average Bonchev–Trinajstić information content (AvgIpc) is 2.25. The van der Waals surface area contributed by atoms with Crippen LogP contribution in [0.15, 0.2) is 36.1 Å². The lowest BCUT2D eigenvalue weighted by Crippen LogP contribution is -2.23. The second-order valence-electron chi connectivity index (χ2n) is 5.49. The van der Waals surface area contributed by atoms with E-state index in [4.69, 9.17) is 4.74 Å². The lowest BCUT2D eigenvalue weighted by Gasteiger charge is -2.27. The molecule has 0 N–H and O–H groups in total. The lowest BCUT2D eigenvalue weighted by molar-refractivity contribution is -0.117. The van der Waals surface area contributed by atoms with E-state index >= 15 is 0 Å². The van der Waals surface area contributed by atoms with Gasteiger partial charge in [0.15, 0.2) is 5.78 Å². The third-order valence-electron chi connectivity index (χ3n) is 2.91. The highest BCUT2D eigenvalue weighted by Crippen LogP contribution is 2.34. The van der Waals surface area contributed by atoms with Crippen LogP contribution in [0.2, 0.25) is 0 Å². The molecule has 0 atom stereocenters. The molecule has 0 saturated carbocycles. The number of rotatable bonds is 2. The standard InChI is InChI=1S/C15H15FO3/c1-15(2)8-12(17)7-13(9-15)19-14(18)10-4-3-5-11(16)6-10/h3-7H,8-9H2,1-2H3. The van der Waals surface area contributed by atoms with Gasteiger partial charge >= 0.3 is 5.97 Å². The molecule has 1 aliphatic rings. The van der Waals surface area contributed by atoms with Gasteiger partial charge in [-0.05, 0) is 23.6 Å². The van der Waals surface area contributed by atoms with E-state index in [0.717, 1.165) is 6.07 Å². The third-order valence-corrected chi connectivity index (χ3v) is 2.91. The molecule has 0 saturated heterocycles. The number of carbonyl (C=O) groups is 2. The van der Waals surface area contributed by atoms with Crippen molar-refractivity contribution in [2.75, 3.05) is 0 Å². The first-order valence-corrected chi connectivity index (χ1v) is 6.07. The third kappa shape index (κ3) is 3.50. The maximum atomic E-state index is 13.0. The molecule has 2 rings (SSSR count). The van der Waals surface area contributed by atoms with Gasteiger partial charge in [0.2, 0.25) is 0 Å². The van der Waals surface area contributed by atoms with Crippen molar-refractivity contribution in [2.45, 2.75) is 26.7 Å². The lowest BCUT2D eigenvalue weighted by atomic mass is 9.79. The number of benzene rings is 1. The summed E-state index contributed by atoms with van der Waals surface area (Å²) in [7, 11) is 0. The molecule has 0 aromatic heterocycles. The highest BCUT2D eigenvalue weighted by atomic mass is 19.1. The van der Waals surface area contributed by atoms with Gasteiger partial charge in [0.1, 0.15) is 11.6 Å². The molecule has 0 fully saturated rings. The van der Waals surface area contributed by atoms with Crippen LogP contribution >= 0.6 is 0 Å². The van der Waals surface area contributed by atoms with Crippen LogP contribution in [0, 0.1) is 11.2 Å². The van der Waals surface area contributed by atoms with Gasteiger partial charge < -0.3 is 4.74 Å². The molecule has 1 aromatic rings. The summed E-state index contributed by atoms with van der Waals surface area (Å²) in [5, 5.41) is 0. The van der Waals surface area contributed by atoms with Gasteiger partial charge in [-0.3, -0.25) is 4.79 Å². The average molecular weight is 262 g/mol. The minimum absolute atomic E-state index is 0.0571. The number of ether oxygens (including phenoxy) is 1. The van der Waals surface area contributed by atoms with E-state index in [1.807, 2.05) is 13.8 Å². The van der Waals surface area contributed by atoms with Crippen LogP contribution in [0.1, 0.15) is 37.0 Å². The fraction of sp³-hybridized carbons (Fsp3) is 0.333. The summed E-state index contributed by atoms with van der Waals surface area (Å²) in [6.07, 6.45) is 2.30. The van der Waals surface area contributed by atoms with E-state index in [9.17, 15) is 14.0 Å². The Kier molecular flexibility index (Phi) is 3.51. The van der Waals surface area contributed by atoms with Crippen molar-refractivity contribution >= 4 is 11.8 Å². The van der Waals surface area contributed by atoms with Gasteiger partial charge in [-0.2, -0.15) is 0 Å². The Morgan fingerprint density at radius 2 is 2.05 bits per heavy atom. The minimum Gasteiger partial charge on any atom is -0.427 e. The van der Waals surface area contributed by atoms with Crippen molar-refractivity contribution in [3.8, 4) is 0 Å². The highest BCUT2D eigenvalue weighted by Gasteiger charge is 2.29. The van der Waals surface area contributed by atoms with Gasteiger partial charge in [-0.15, -0.1) is 0 Å². The van der Waals surface area contributed by atoms with Crippen LogP contribution in [0.5, 0.6) is 0 Å². The zero-order valence-corrected chi connectivity index (χ0v) is 10.9. The zero-order chi connectivity index (χ0) is 14.0. The van der Waals surface area contributed by atoms with E-state index in [1.54, 1.807) is 0 Å². The van der Waals surface area contributed by atoms with Crippen molar-refractivity contribution in [3.05, 3.63) is 47.5 Å². The number of ketones is 1. The van der Waals surface area contributed by atoms with Crippen molar-refractivity contribution < 1.29 is 18.7 Å². The van der Waals surface area contributed by atoms with Crippen molar-refractivity contribution in [1.82, 2.24) is 0 Å². The molecule has 1 aromatic carbocycles. The number of esters is 1. The second kappa shape index (κ2) is 4.96. The molecule has 1 aliphatic carbocycles. The summed E-state index contributed by atoms with van der Waals surface area (Å²) in [6, 6.07) is 5.28. The Bertz CT molecular complexity index is 558. The Morgan fingerprint density at radius 1 is 1.32 bits per heavy atom. The number of carbonyl (C=O) groups excluding carboxylic acids is 2. The van der Waals surface area contributed by atoms with Crippen LogP contribution < -0.4 is 0 Å². The smallest absolute Gasteiger partial charge is 0.343 e. The maximum Gasteiger partial charge on any atom is 0.343 e. The van der Waals surface area contributed by atoms with Crippen LogP contribution in [0.4, 0.5) is 4.39 Å². The number of halogens is 1. The van der Waals surface area contributed by atoms with Crippen molar-refractivity contribution in [1.29, 1.82) is 0 Å². The molecule has 19 heavy (non-hydrogen) atoms. The Morgan fingerprint density at radius 3 is 2.68 bits per heavy atom. The van der Waals surface area contributed by atoms with E-state index in [2.05, 4.69) is 0 Å². The molecular weight excluding hydrogens is 247 g/mol. The second-order valence-corrected chi connectivity index (χ2v) is 5.49. The Hall–Kier alpha value is -1.97. The molecule has 4 heteroatoms. The fourth-order valence-electron chi connectivity index (χ4n) is 2.15. The first-order valence-electron chi connectivity index (χ1n) is 6.07. The number of allylic oxidation sites excluding steroid dienone is 2. The van der Waals surface area contributed by atoms with Crippen LogP contribution in [0.25, 0.3) is 0 Å². The minimum atomic E-state index is -0.642. The van der Waals surface area contributed by atoms with Crippen LogP contribution in [0.3, 0.4) is 0 Å². The largest absolute Gasteiger partial charge is 0.427 e. The van der Waals surface area contributed by atoms with Crippen LogP contribution in [-0.2, 0) is 9.53 Å². The predicted molar refractivity (Wildman–Crippen MR) is 67.9 cm³/mol. The van der Waals surface area contributed by atoms with Crippen LogP contribution in [-0.4, -0.2) is 11.8 Å². The molecular formula is C15H15FO3. The quantitative estimate of drug-likeness (QED) is 0.768. The molecule has 100 valence electrons. The molecule has 0 unspecified atom stereocenters. The van der Waals surface area contributed by atoms with E-state index in [-0.39, 0.29) is 16.8 Å². The Balaban J connectivity index is 2.13. The van der Waals surface area contributed by atoms with Crippen molar-refractivity contribution in [2.24, 2.45) is 5.41 Å². The zero-order valence-electron chi connectivity index (χ0n) is 10.9. The summed E-state index contributed by atoms with van der Waals surface area (Å²) in [5.74, 6) is -0.853. The van der Waals surface area contributed by atoms with Crippen molar-refractivity contribution in [3.63, 3.8) is 0 Å². The van der Waals surface area contributed by atoms with E-state index < -0.39 is 11.8 Å². The molecule has 0 heterocycles. The normalized spacial score (nSPS) is 17.8. The molecule has 0 aliphatic heterocycles. The van der Waals surface area contributed by atoms with Gasteiger partial charge in [0.05, 0.1) is 5.56 Å². The summed E-state index contributed by atoms with van der Waals surface area (Å²) in [5.41, 5.74) is -0.0830. The SMILES string of the molecule is CC1(C)CC(=O)C=C(OC(=O)c2cccc(F)c2)C1. The topological polar surface area (TPSA) is 43.4 Å². The molecule has 0 bridgehead atoms. The molecule has 0 amide bonds. The molecule has 0 radical (unpaired) electrons. The molecule has 3 nitrogen and oxygen atoms in total. The number of hydrogen-bond donors (Lipinski definition) is 0. The monoisotopic (exact) mass is 262 g/mol. The summed E-state index contributed by atoms with van der Waals surface area (Å²) < 4.78 is 18.2. The molecule has 0 spiro atoms. The van der Waals surface area contributed by atoms with Gasteiger partial charge in [0, 0.05) is 18.9 Å². The first-order chi connectivity index (χ1) is 8.85. The highest BCUT2D eigenvalue weighted by molar-refractivity contribution is 5.94. The predicted octanol–water partition coefficient (Wildman–Crippen LogP) is 3.26. The fourth-order valence-corrected chi connectivity index (χ4v) is 2.15. The van der Waals surface area contributed by atoms with Gasteiger partial charge in [0.25, 0.3) is 0 Å². The van der Waals surface area contributed by atoms with E-state index in [1.165, 1.54) is 24.3 Å². The van der Waals surface area contributed by atoms with E-state index in [0.29, 0.717) is 18.6 Å². The van der Waals surface area contributed by atoms with Gasteiger partial charge in [-0.1, -0.05) is 19.9 Å². The first kappa shape index (κ1) is 13.5. The summed E-state index contributed by atoms with van der Waals surface area (Å²) in [4.78, 5) is 23.4.